The normalized spacial score (nSPS) is 13.2. The summed E-state index contributed by atoms with van der Waals surface area (Å²) in [6.45, 7) is 7.23. The van der Waals surface area contributed by atoms with Crippen molar-refractivity contribution in [3.63, 3.8) is 0 Å². The largest absolute Gasteiger partial charge is 0.323 e. The summed E-state index contributed by atoms with van der Waals surface area (Å²) < 4.78 is 26.9. The highest BCUT2D eigenvalue weighted by Gasteiger charge is 2.26. The number of hydrogen-bond acceptors (Lipinski definition) is 1. The van der Waals surface area contributed by atoms with Crippen LogP contribution in [0.5, 0.6) is 0 Å². The Kier molecular flexibility index (Phi) is 4.89. The molecular weight excluding hydrogens is 232 g/mol. The summed E-state index contributed by atoms with van der Waals surface area (Å²) in [6.07, 6.45) is 0. The Morgan fingerprint density at radius 3 is 2.06 bits per heavy atom. The van der Waals surface area contributed by atoms with Gasteiger partial charge in [0, 0.05) is 11.6 Å². The second-order valence-electron chi connectivity index (χ2n) is 4.94. The van der Waals surface area contributed by atoms with E-state index in [4.69, 9.17) is 5.73 Å². The Morgan fingerprint density at radius 1 is 1.12 bits per heavy atom. The third-order valence-corrected chi connectivity index (χ3v) is 2.57. The number of hydrogen-bond donors (Lipinski definition) is 1. The number of nitrogens with two attached hydrogens (primary N) is 1. The quantitative estimate of drug-likeness (QED) is 0.806. The number of aryl methyl sites for hydroxylation is 1. The minimum atomic E-state index is -0.822. The van der Waals surface area contributed by atoms with Crippen LogP contribution in [0.15, 0.2) is 12.1 Å². The van der Waals surface area contributed by atoms with Crippen LogP contribution in [0, 0.1) is 24.0 Å². The van der Waals surface area contributed by atoms with Gasteiger partial charge in [-0.3, -0.25) is 0 Å². The zero-order chi connectivity index (χ0) is 11.8. The summed E-state index contributed by atoms with van der Waals surface area (Å²) in [5.74, 6) is -1.62. The van der Waals surface area contributed by atoms with Crippen molar-refractivity contribution in [2.24, 2.45) is 11.1 Å². The molecule has 0 saturated carbocycles. The molecule has 0 aliphatic rings. The molecule has 1 atom stereocenters. The number of rotatable bonds is 1. The predicted molar refractivity (Wildman–Crippen MR) is 64.7 cm³/mol. The van der Waals surface area contributed by atoms with Gasteiger partial charge >= 0.3 is 0 Å². The van der Waals surface area contributed by atoms with E-state index >= 15 is 0 Å². The fraction of sp³-hybridized carbons (Fsp3) is 0.500. The Balaban J connectivity index is 0.00000225. The third-order valence-electron chi connectivity index (χ3n) is 2.57. The van der Waals surface area contributed by atoms with E-state index in [9.17, 15) is 8.78 Å². The average molecular weight is 250 g/mol. The molecule has 1 aromatic rings. The summed E-state index contributed by atoms with van der Waals surface area (Å²) in [6, 6.07) is 2.61. The summed E-state index contributed by atoms with van der Waals surface area (Å²) in [5, 5.41) is 0. The molecule has 0 amide bonds. The van der Waals surface area contributed by atoms with Gasteiger partial charge in [-0.15, -0.1) is 12.4 Å². The zero-order valence-electron chi connectivity index (χ0n) is 9.97. The van der Waals surface area contributed by atoms with E-state index in [0.717, 1.165) is 0 Å². The van der Waals surface area contributed by atoms with Gasteiger partial charge in [-0.05, 0) is 17.9 Å². The minimum absolute atomic E-state index is 0. The van der Waals surface area contributed by atoms with Crippen molar-refractivity contribution in [2.45, 2.75) is 33.7 Å². The van der Waals surface area contributed by atoms with Crippen LogP contribution in [-0.2, 0) is 0 Å². The first-order chi connectivity index (χ1) is 6.75. The van der Waals surface area contributed by atoms with Crippen LogP contribution in [-0.4, -0.2) is 0 Å². The van der Waals surface area contributed by atoms with Crippen molar-refractivity contribution in [1.82, 2.24) is 0 Å². The Morgan fingerprint density at radius 2 is 1.62 bits per heavy atom. The molecule has 0 aliphatic heterocycles. The molecule has 0 spiro atoms. The van der Waals surface area contributed by atoms with E-state index in [1.807, 2.05) is 20.8 Å². The monoisotopic (exact) mass is 249 g/mol. The molecule has 4 heteroatoms. The molecule has 16 heavy (non-hydrogen) atoms. The van der Waals surface area contributed by atoms with Crippen LogP contribution in [0.25, 0.3) is 0 Å². The highest BCUT2D eigenvalue weighted by molar-refractivity contribution is 5.85. The van der Waals surface area contributed by atoms with E-state index in [1.165, 1.54) is 6.92 Å². The first kappa shape index (κ1) is 15.3. The van der Waals surface area contributed by atoms with Crippen LogP contribution in [0.4, 0.5) is 8.78 Å². The molecule has 0 aromatic heterocycles. The molecule has 0 radical (unpaired) electrons. The molecule has 92 valence electrons. The molecule has 0 aliphatic carbocycles. The molecule has 0 fully saturated rings. The topological polar surface area (TPSA) is 26.0 Å². The number of benzene rings is 1. The van der Waals surface area contributed by atoms with Gasteiger partial charge in [-0.1, -0.05) is 32.9 Å². The first-order valence-corrected chi connectivity index (χ1v) is 4.95. The van der Waals surface area contributed by atoms with Crippen molar-refractivity contribution >= 4 is 12.4 Å². The van der Waals surface area contributed by atoms with Crippen molar-refractivity contribution in [3.8, 4) is 0 Å². The van der Waals surface area contributed by atoms with Crippen LogP contribution in [0.2, 0.25) is 0 Å². The Labute approximate surface area is 101 Å². The molecule has 0 heterocycles. The van der Waals surface area contributed by atoms with Crippen molar-refractivity contribution in [1.29, 1.82) is 0 Å². The predicted octanol–water partition coefficient (Wildman–Crippen LogP) is 3.74. The van der Waals surface area contributed by atoms with Gasteiger partial charge in [-0.2, -0.15) is 0 Å². The van der Waals surface area contributed by atoms with Crippen LogP contribution in [0.1, 0.15) is 37.9 Å². The Hall–Kier alpha value is -0.670. The highest BCUT2D eigenvalue weighted by atomic mass is 35.5. The van der Waals surface area contributed by atoms with Gasteiger partial charge in [0.2, 0.25) is 0 Å². The third kappa shape index (κ3) is 2.92. The smallest absolute Gasteiger partial charge is 0.163 e. The van der Waals surface area contributed by atoms with Gasteiger partial charge in [0.25, 0.3) is 0 Å². The second kappa shape index (κ2) is 5.11. The molecule has 1 rings (SSSR count). The minimum Gasteiger partial charge on any atom is -0.323 e. The van der Waals surface area contributed by atoms with E-state index in [-0.39, 0.29) is 23.4 Å². The van der Waals surface area contributed by atoms with E-state index in [1.54, 1.807) is 12.1 Å². The standard InChI is InChI=1S/C12H17F2N.ClH/c1-7-5-6-8(10(14)9(7)13)11(15)12(2,3)4;/h5-6,11H,15H2,1-4H3;1H/t11-;/m1./s1. The molecule has 0 saturated heterocycles. The fourth-order valence-electron chi connectivity index (χ4n) is 1.37. The molecule has 0 unspecified atom stereocenters. The van der Waals surface area contributed by atoms with Gasteiger partial charge in [-0.25, -0.2) is 8.78 Å². The maximum absolute atomic E-state index is 13.6. The summed E-state index contributed by atoms with van der Waals surface area (Å²) in [5.41, 5.74) is 6.14. The van der Waals surface area contributed by atoms with E-state index in [0.29, 0.717) is 5.56 Å². The summed E-state index contributed by atoms with van der Waals surface area (Å²) in [4.78, 5) is 0. The fourth-order valence-corrected chi connectivity index (χ4v) is 1.37. The van der Waals surface area contributed by atoms with Gasteiger partial charge < -0.3 is 5.73 Å². The van der Waals surface area contributed by atoms with E-state index in [2.05, 4.69) is 0 Å². The number of halogens is 3. The van der Waals surface area contributed by atoms with Crippen molar-refractivity contribution < 1.29 is 8.78 Å². The lowest BCUT2D eigenvalue weighted by Crippen LogP contribution is -2.27. The maximum Gasteiger partial charge on any atom is 0.163 e. The van der Waals surface area contributed by atoms with Crippen LogP contribution >= 0.6 is 12.4 Å². The van der Waals surface area contributed by atoms with Gasteiger partial charge in [0.1, 0.15) is 0 Å². The van der Waals surface area contributed by atoms with E-state index < -0.39 is 17.7 Å². The van der Waals surface area contributed by atoms with Crippen molar-refractivity contribution in [3.05, 3.63) is 34.9 Å². The van der Waals surface area contributed by atoms with Gasteiger partial charge in [0.05, 0.1) is 0 Å². The van der Waals surface area contributed by atoms with Crippen LogP contribution < -0.4 is 5.73 Å². The van der Waals surface area contributed by atoms with Crippen molar-refractivity contribution in [2.75, 3.05) is 0 Å². The Bertz CT molecular complexity index is 372. The molecular formula is C12H18ClF2N. The second-order valence-corrected chi connectivity index (χ2v) is 4.94. The summed E-state index contributed by atoms with van der Waals surface area (Å²) in [7, 11) is 0. The molecule has 1 aromatic carbocycles. The van der Waals surface area contributed by atoms with Crippen LogP contribution in [0.3, 0.4) is 0 Å². The molecule has 0 bridgehead atoms. The summed E-state index contributed by atoms with van der Waals surface area (Å²) >= 11 is 0. The lowest BCUT2D eigenvalue weighted by Gasteiger charge is -2.27. The zero-order valence-corrected chi connectivity index (χ0v) is 10.8. The lowest BCUT2D eigenvalue weighted by molar-refractivity contribution is 0.315. The molecule has 2 N–H and O–H groups in total. The lowest BCUT2D eigenvalue weighted by atomic mass is 9.82. The average Bonchev–Trinajstić information content (AvgIpc) is 2.12. The first-order valence-electron chi connectivity index (χ1n) is 4.95. The highest BCUT2D eigenvalue weighted by Crippen LogP contribution is 2.32. The SMILES string of the molecule is Cc1ccc([C@@H](N)C(C)(C)C)c(F)c1F.Cl. The van der Waals surface area contributed by atoms with Gasteiger partial charge in [0.15, 0.2) is 11.6 Å². The molecule has 1 nitrogen and oxygen atoms in total. The maximum atomic E-state index is 13.6.